The normalized spacial score (nSPS) is 17.0. The predicted octanol–water partition coefficient (Wildman–Crippen LogP) is 1.72. The number of hydrogen-bond donors (Lipinski definition) is 1. The lowest BCUT2D eigenvalue weighted by molar-refractivity contribution is -0.132. The molecule has 1 saturated heterocycles. The molecule has 1 aromatic carbocycles. The van der Waals surface area contributed by atoms with Gasteiger partial charge in [0.25, 0.3) is 0 Å². The molecule has 1 aromatic rings. The summed E-state index contributed by atoms with van der Waals surface area (Å²) in [5, 5.41) is 3.27. The lowest BCUT2D eigenvalue weighted by Gasteiger charge is -2.35. The molecule has 1 aliphatic heterocycles. The number of nitrogens with one attached hydrogen (secondary N) is 1. The van der Waals surface area contributed by atoms with Gasteiger partial charge in [0, 0.05) is 38.3 Å². The summed E-state index contributed by atoms with van der Waals surface area (Å²) in [7, 11) is 0. The Morgan fingerprint density at radius 2 is 1.71 bits per heavy atom. The van der Waals surface area contributed by atoms with Crippen molar-refractivity contribution in [3.05, 3.63) is 35.9 Å². The molecule has 116 valence electrons. The molecule has 0 bridgehead atoms. The molecule has 0 saturated carbocycles. The summed E-state index contributed by atoms with van der Waals surface area (Å²) < 4.78 is 0. The average Bonchev–Trinajstić information content (AvgIpc) is 2.46. The van der Waals surface area contributed by atoms with E-state index < -0.39 is 0 Å². The molecule has 2 rings (SSSR count). The summed E-state index contributed by atoms with van der Waals surface area (Å²) >= 11 is 0. The lowest BCUT2D eigenvalue weighted by Crippen LogP contribution is -2.52. The first-order valence-corrected chi connectivity index (χ1v) is 7.73. The van der Waals surface area contributed by atoms with E-state index in [0.29, 0.717) is 6.54 Å². The highest BCUT2D eigenvalue weighted by Crippen LogP contribution is 2.08. The number of carbonyl (C=O) groups is 1. The van der Waals surface area contributed by atoms with Gasteiger partial charge in [0.1, 0.15) is 0 Å². The topological polar surface area (TPSA) is 35.6 Å². The highest BCUT2D eigenvalue weighted by molar-refractivity contribution is 5.78. The maximum Gasteiger partial charge on any atom is 0.236 e. The fraction of sp³-hybridized carbons (Fsp3) is 0.588. The Morgan fingerprint density at radius 1 is 1.10 bits per heavy atom. The molecule has 1 aliphatic rings. The Balaban J connectivity index is 1.74. The molecule has 1 N–H and O–H groups in total. The van der Waals surface area contributed by atoms with Gasteiger partial charge in [-0.15, -0.1) is 0 Å². The zero-order valence-electron chi connectivity index (χ0n) is 13.4. The number of piperazine rings is 1. The van der Waals surface area contributed by atoms with Crippen LogP contribution in [0.3, 0.4) is 0 Å². The standard InChI is InChI=1S/C17H27N3O/c1-17(2,3)18-13-16(21)20-11-9-19(10-12-20)14-15-7-5-4-6-8-15/h4-8,18H,9-14H2,1-3H3. The largest absolute Gasteiger partial charge is 0.339 e. The molecule has 0 aromatic heterocycles. The van der Waals surface area contributed by atoms with Crippen molar-refractivity contribution in [2.45, 2.75) is 32.9 Å². The van der Waals surface area contributed by atoms with Crippen LogP contribution in [0, 0.1) is 0 Å². The third-order valence-corrected chi connectivity index (χ3v) is 3.74. The summed E-state index contributed by atoms with van der Waals surface area (Å²) in [4.78, 5) is 16.5. The van der Waals surface area contributed by atoms with Crippen LogP contribution in [-0.4, -0.2) is 54.0 Å². The Morgan fingerprint density at radius 3 is 2.29 bits per heavy atom. The van der Waals surface area contributed by atoms with Crippen LogP contribution in [0.15, 0.2) is 30.3 Å². The number of rotatable bonds is 4. The molecule has 0 aliphatic carbocycles. The van der Waals surface area contributed by atoms with Crippen LogP contribution in [0.2, 0.25) is 0 Å². The zero-order valence-corrected chi connectivity index (χ0v) is 13.4. The summed E-state index contributed by atoms with van der Waals surface area (Å²) in [6.07, 6.45) is 0. The van der Waals surface area contributed by atoms with Gasteiger partial charge < -0.3 is 10.2 Å². The van der Waals surface area contributed by atoms with Crippen LogP contribution in [0.1, 0.15) is 26.3 Å². The summed E-state index contributed by atoms with van der Waals surface area (Å²) in [6, 6.07) is 10.5. The molecule has 4 nitrogen and oxygen atoms in total. The van der Waals surface area contributed by atoms with E-state index in [1.807, 2.05) is 11.0 Å². The van der Waals surface area contributed by atoms with E-state index in [-0.39, 0.29) is 11.4 Å². The highest BCUT2D eigenvalue weighted by Gasteiger charge is 2.22. The number of carbonyl (C=O) groups excluding carboxylic acids is 1. The van der Waals surface area contributed by atoms with E-state index in [0.717, 1.165) is 32.7 Å². The first-order chi connectivity index (χ1) is 9.94. The molecular weight excluding hydrogens is 262 g/mol. The van der Waals surface area contributed by atoms with Crippen molar-refractivity contribution in [1.82, 2.24) is 15.1 Å². The minimum Gasteiger partial charge on any atom is -0.339 e. The summed E-state index contributed by atoms with van der Waals surface area (Å²) in [5.74, 6) is 0.212. The molecule has 1 fully saturated rings. The van der Waals surface area contributed by atoms with E-state index in [4.69, 9.17) is 0 Å². The van der Waals surface area contributed by atoms with Crippen LogP contribution in [0.25, 0.3) is 0 Å². The lowest BCUT2D eigenvalue weighted by atomic mass is 10.1. The van der Waals surface area contributed by atoms with Gasteiger partial charge in [-0.05, 0) is 26.3 Å². The smallest absolute Gasteiger partial charge is 0.236 e. The molecule has 1 amide bonds. The van der Waals surface area contributed by atoms with Crippen LogP contribution >= 0.6 is 0 Å². The first kappa shape index (κ1) is 16.0. The van der Waals surface area contributed by atoms with Crippen molar-refractivity contribution in [2.75, 3.05) is 32.7 Å². The zero-order chi connectivity index (χ0) is 15.3. The van der Waals surface area contributed by atoms with Crippen molar-refractivity contribution in [2.24, 2.45) is 0 Å². The average molecular weight is 289 g/mol. The quantitative estimate of drug-likeness (QED) is 0.917. The van der Waals surface area contributed by atoms with Crippen LogP contribution in [-0.2, 0) is 11.3 Å². The van der Waals surface area contributed by atoms with Gasteiger partial charge in [0.15, 0.2) is 0 Å². The van der Waals surface area contributed by atoms with E-state index in [1.54, 1.807) is 0 Å². The number of hydrogen-bond acceptors (Lipinski definition) is 3. The predicted molar refractivity (Wildman–Crippen MR) is 86.1 cm³/mol. The molecule has 1 heterocycles. The molecule has 21 heavy (non-hydrogen) atoms. The minimum atomic E-state index is -0.00914. The molecule has 0 unspecified atom stereocenters. The molecule has 0 radical (unpaired) electrons. The minimum absolute atomic E-state index is 0.00914. The van der Waals surface area contributed by atoms with Gasteiger partial charge in [-0.25, -0.2) is 0 Å². The van der Waals surface area contributed by atoms with Gasteiger partial charge in [0.05, 0.1) is 6.54 Å². The summed E-state index contributed by atoms with van der Waals surface area (Å²) in [6.45, 7) is 11.2. The maximum absolute atomic E-state index is 12.2. The van der Waals surface area contributed by atoms with Gasteiger partial charge >= 0.3 is 0 Å². The third-order valence-electron chi connectivity index (χ3n) is 3.74. The van der Waals surface area contributed by atoms with E-state index >= 15 is 0 Å². The van der Waals surface area contributed by atoms with Crippen LogP contribution in [0.4, 0.5) is 0 Å². The van der Waals surface area contributed by atoms with Crippen molar-refractivity contribution < 1.29 is 4.79 Å². The monoisotopic (exact) mass is 289 g/mol. The maximum atomic E-state index is 12.2. The van der Waals surface area contributed by atoms with Gasteiger partial charge in [0.2, 0.25) is 5.91 Å². The number of benzene rings is 1. The summed E-state index contributed by atoms with van der Waals surface area (Å²) in [5.41, 5.74) is 1.33. The highest BCUT2D eigenvalue weighted by atomic mass is 16.2. The Hall–Kier alpha value is -1.39. The van der Waals surface area contributed by atoms with Gasteiger partial charge in [-0.1, -0.05) is 30.3 Å². The van der Waals surface area contributed by atoms with E-state index in [1.165, 1.54) is 5.56 Å². The SMILES string of the molecule is CC(C)(C)NCC(=O)N1CCN(Cc2ccccc2)CC1. The van der Waals surface area contributed by atoms with Crippen LogP contribution in [0.5, 0.6) is 0 Å². The fourth-order valence-electron chi connectivity index (χ4n) is 2.45. The second-order valence-electron chi connectivity index (χ2n) is 6.75. The van der Waals surface area contributed by atoms with Crippen molar-refractivity contribution in [3.63, 3.8) is 0 Å². The second-order valence-corrected chi connectivity index (χ2v) is 6.75. The third kappa shape index (κ3) is 5.48. The molecule has 0 atom stereocenters. The van der Waals surface area contributed by atoms with Crippen molar-refractivity contribution in [3.8, 4) is 0 Å². The number of nitrogens with zero attached hydrogens (tertiary/aromatic N) is 2. The van der Waals surface area contributed by atoms with Crippen molar-refractivity contribution >= 4 is 5.91 Å². The Labute approximate surface area is 128 Å². The van der Waals surface area contributed by atoms with E-state index in [2.05, 4.69) is 55.3 Å². The molecule has 4 heteroatoms. The second kappa shape index (κ2) is 7.05. The fourth-order valence-corrected chi connectivity index (χ4v) is 2.45. The van der Waals surface area contributed by atoms with Crippen LogP contribution < -0.4 is 5.32 Å². The Kier molecular flexibility index (Phi) is 5.37. The molecular formula is C17H27N3O. The van der Waals surface area contributed by atoms with E-state index in [9.17, 15) is 4.79 Å². The van der Waals surface area contributed by atoms with Gasteiger partial charge in [-0.3, -0.25) is 9.69 Å². The van der Waals surface area contributed by atoms with Gasteiger partial charge in [-0.2, -0.15) is 0 Å². The Bertz CT molecular complexity index is 445. The first-order valence-electron chi connectivity index (χ1n) is 7.73. The molecule has 0 spiro atoms. The van der Waals surface area contributed by atoms with Crippen molar-refractivity contribution in [1.29, 1.82) is 0 Å². The number of amides is 1.